The third-order valence-electron chi connectivity index (χ3n) is 5.38. The van der Waals surface area contributed by atoms with Gasteiger partial charge in [-0.2, -0.15) is 0 Å². The molecular formula is C14H19NO2. The van der Waals surface area contributed by atoms with E-state index in [-0.39, 0.29) is 34.5 Å². The second-order valence-electron chi connectivity index (χ2n) is 6.42. The van der Waals surface area contributed by atoms with E-state index in [2.05, 4.69) is 38.2 Å². The number of hydrogen-bond donors (Lipinski definition) is 1. The van der Waals surface area contributed by atoms with Crippen molar-refractivity contribution in [3.05, 3.63) is 12.2 Å². The van der Waals surface area contributed by atoms with Crippen LogP contribution < -0.4 is 5.32 Å². The van der Waals surface area contributed by atoms with Crippen LogP contribution in [0.5, 0.6) is 0 Å². The van der Waals surface area contributed by atoms with Crippen molar-refractivity contribution in [2.75, 3.05) is 0 Å². The maximum Gasteiger partial charge on any atom is 0.231 e. The minimum atomic E-state index is -0.142. The van der Waals surface area contributed by atoms with Crippen LogP contribution in [-0.4, -0.2) is 11.8 Å². The standard InChI is InChI=1S/C14H19NO2/c1-8(2)14-6-4-13(3,5-7-14)9-10(14)12(17)15-11(9)16/h4,6,8-10H,5,7H2,1-3H3,(H,15,16,17)/t9-,10+,13-,14+/m0/s1. The lowest BCUT2D eigenvalue weighted by atomic mass is 9.46. The van der Waals surface area contributed by atoms with Gasteiger partial charge in [-0.3, -0.25) is 14.9 Å². The molecule has 1 saturated carbocycles. The van der Waals surface area contributed by atoms with E-state index >= 15 is 0 Å². The first-order valence-electron chi connectivity index (χ1n) is 6.46. The van der Waals surface area contributed by atoms with Gasteiger partial charge in [0.25, 0.3) is 0 Å². The predicted molar refractivity (Wildman–Crippen MR) is 63.9 cm³/mol. The third kappa shape index (κ3) is 1.12. The molecule has 1 heterocycles. The lowest BCUT2D eigenvalue weighted by Gasteiger charge is -2.55. The SMILES string of the molecule is CC(C)[C@@]12C=C[C@@](C)(CC1)[C@@H]1C(=O)NC(=O)[C@@H]12. The van der Waals surface area contributed by atoms with Crippen LogP contribution in [0, 0.1) is 28.6 Å². The summed E-state index contributed by atoms with van der Waals surface area (Å²) < 4.78 is 0. The van der Waals surface area contributed by atoms with Crippen molar-refractivity contribution >= 4 is 11.8 Å². The lowest BCUT2D eigenvalue weighted by Crippen LogP contribution is -2.53. The Balaban J connectivity index is 2.18. The number of amides is 2. The molecule has 4 rings (SSSR count). The summed E-state index contributed by atoms with van der Waals surface area (Å²) in [6.45, 7) is 6.43. The van der Waals surface area contributed by atoms with Crippen molar-refractivity contribution in [3.63, 3.8) is 0 Å². The van der Waals surface area contributed by atoms with Crippen LogP contribution in [0.3, 0.4) is 0 Å². The van der Waals surface area contributed by atoms with E-state index in [4.69, 9.17) is 0 Å². The summed E-state index contributed by atoms with van der Waals surface area (Å²) in [7, 11) is 0. The van der Waals surface area contributed by atoms with Gasteiger partial charge in [0.1, 0.15) is 0 Å². The summed E-state index contributed by atoms with van der Waals surface area (Å²) in [5.41, 5.74) is -0.212. The number of allylic oxidation sites excluding steroid dienone is 2. The molecule has 2 amide bonds. The van der Waals surface area contributed by atoms with Crippen LogP contribution in [0.25, 0.3) is 0 Å². The van der Waals surface area contributed by atoms with Crippen molar-refractivity contribution in [2.45, 2.75) is 33.6 Å². The van der Waals surface area contributed by atoms with Gasteiger partial charge >= 0.3 is 0 Å². The average molecular weight is 233 g/mol. The summed E-state index contributed by atoms with van der Waals surface area (Å²) in [6, 6.07) is 0. The molecule has 4 atom stereocenters. The van der Waals surface area contributed by atoms with E-state index < -0.39 is 0 Å². The molecular weight excluding hydrogens is 214 g/mol. The molecule has 3 aliphatic carbocycles. The molecule has 2 bridgehead atoms. The summed E-state index contributed by atoms with van der Waals surface area (Å²) in [5, 5.41) is 2.55. The molecule has 1 saturated heterocycles. The first-order chi connectivity index (χ1) is 7.91. The van der Waals surface area contributed by atoms with Crippen LogP contribution >= 0.6 is 0 Å². The minimum absolute atomic E-state index is 0.0519. The maximum atomic E-state index is 12.1. The molecule has 0 aromatic heterocycles. The van der Waals surface area contributed by atoms with Crippen LogP contribution in [-0.2, 0) is 9.59 Å². The highest BCUT2D eigenvalue weighted by atomic mass is 16.2. The Kier molecular flexibility index (Phi) is 1.94. The zero-order chi connectivity index (χ0) is 12.4. The predicted octanol–water partition coefficient (Wildman–Crippen LogP) is 1.89. The molecule has 0 aromatic carbocycles. The Bertz CT molecular complexity index is 440. The molecule has 0 unspecified atom stereocenters. The Morgan fingerprint density at radius 3 is 2.35 bits per heavy atom. The van der Waals surface area contributed by atoms with Gasteiger partial charge in [-0.25, -0.2) is 0 Å². The molecule has 0 spiro atoms. The van der Waals surface area contributed by atoms with Gasteiger partial charge in [-0.15, -0.1) is 0 Å². The molecule has 4 aliphatic rings. The number of carbonyl (C=O) groups excluding carboxylic acids is 2. The number of rotatable bonds is 1. The molecule has 1 aliphatic heterocycles. The largest absolute Gasteiger partial charge is 0.296 e. The quantitative estimate of drug-likeness (QED) is 0.555. The fourth-order valence-electron chi connectivity index (χ4n) is 4.17. The van der Waals surface area contributed by atoms with Crippen LogP contribution in [0.1, 0.15) is 33.6 Å². The minimum Gasteiger partial charge on any atom is -0.296 e. The van der Waals surface area contributed by atoms with Gasteiger partial charge in [-0.05, 0) is 24.2 Å². The Morgan fingerprint density at radius 2 is 1.82 bits per heavy atom. The molecule has 0 radical (unpaired) electrons. The molecule has 3 heteroatoms. The highest BCUT2D eigenvalue weighted by Gasteiger charge is 2.64. The van der Waals surface area contributed by atoms with Crippen molar-refractivity contribution < 1.29 is 9.59 Å². The highest BCUT2D eigenvalue weighted by Crippen LogP contribution is 2.62. The van der Waals surface area contributed by atoms with Gasteiger partial charge in [0, 0.05) is 5.41 Å². The molecule has 3 nitrogen and oxygen atoms in total. The highest BCUT2D eigenvalue weighted by molar-refractivity contribution is 6.06. The average Bonchev–Trinajstić information content (AvgIpc) is 2.58. The Hall–Kier alpha value is -1.12. The second kappa shape index (κ2) is 3.01. The first-order valence-corrected chi connectivity index (χ1v) is 6.46. The third-order valence-corrected chi connectivity index (χ3v) is 5.38. The Labute approximate surface area is 102 Å². The van der Waals surface area contributed by atoms with Crippen molar-refractivity contribution in [3.8, 4) is 0 Å². The number of fused-ring (bicyclic) bond motifs is 1. The van der Waals surface area contributed by atoms with E-state index in [1.54, 1.807) is 0 Å². The van der Waals surface area contributed by atoms with E-state index in [0.29, 0.717) is 5.92 Å². The molecule has 1 N–H and O–H groups in total. The van der Waals surface area contributed by atoms with Gasteiger partial charge in [0.15, 0.2) is 0 Å². The lowest BCUT2D eigenvalue weighted by molar-refractivity contribution is -0.135. The molecule has 92 valence electrons. The van der Waals surface area contributed by atoms with Gasteiger partial charge in [-0.1, -0.05) is 32.9 Å². The second-order valence-corrected chi connectivity index (χ2v) is 6.42. The summed E-state index contributed by atoms with van der Waals surface area (Å²) in [5.74, 6) is 0.00296. The van der Waals surface area contributed by atoms with E-state index in [9.17, 15) is 9.59 Å². The van der Waals surface area contributed by atoms with Crippen LogP contribution in [0.4, 0.5) is 0 Å². The zero-order valence-corrected chi connectivity index (χ0v) is 10.6. The molecule has 0 aromatic rings. The zero-order valence-electron chi connectivity index (χ0n) is 10.6. The fourth-order valence-corrected chi connectivity index (χ4v) is 4.17. The summed E-state index contributed by atoms with van der Waals surface area (Å²) >= 11 is 0. The van der Waals surface area contributed by atoms with E-state index in [0.717, 1.165) is 12.8 Å². The summed E-state index contributed by atoms with van der Waals surface area (Å²) in [4.78, 5) is 24.1. The Morgan fingerprint density at radius 1 is 1.18 bits per heavy atom. The van der Waals surface area contributed by atoms with Crippen LogP contribution in [0.15, 0.2) is 12.2 Å². The van der Waals surface area contributed by atoms with Crippen LogP contribution in [0.2, 0.25) is 0 Å². The topological polar surface area (TPSA) is 46.2 Å². The van der Waals surface area contributed by atoms with E-state index in [1.165, 1.54) is 0 Å². The van der Waals surface area contributed by atoms with Gasteiger partial charge in [0.05, 0.1) is 11.8 Å². The maximum absolute atomic E-state index is 12.1. The van der Waals surface area contributed by atoms with Gasteiger partial charge in [0.2, 0.25) is 11.8 Å². The fraction of sp³-hybridized carbons (Fsp3) is 0.714. The monoisotopic (exact) mass is 233 g/mol. The number of hydrogen-bond acceptors (Lipinski definition) is 2. The smallest absolute Gasteiger partial charge is 0.231 e. The van der Waals surface area contributed by atoms with Crippen molar-refractivity contribution in [1.82, 2.24) is 5.32 Å². The number of nitrogens with one attached hydrogen (secondary N) is 1. The van der Waals surface area contributed by atoms with E-state index in [1.807, 2.05) is 0 Å². The first kappa shape index (κ1) is 11.0. The molecule has 2 fully saturated rings. The number of imide groups is 1. The number of carbonyl (C=O) groups is 2. The molecule has 17 heavy (non-hydrogen) atoms. The van der Waals surface area contributed by atoms with Gasteiger partial charge < -0.3 is 0 Å². The van der Waals surface area contributed by atoms with Crippen molar-refractivity contribution in [2.24, 2.45) is 28.6 Å². The summed E-state index contributed by atoms with van der Waals surface area (Å²) in [6.07, 6.45) is 6.46. The normalized spacial score (nSPS) is 47.5. The van der Waals surface area contributed by atoms with Crippen molar-refractivity contribution in [1.29, 1.82) is 0 Å².